The molecule has 1 fully saturated rings. The molecule has 1 heteroatoms. The molecule has 1 rings (SSSR count). The van der Waals surface area contributed by atoms with Gasteiger partial charge in [-0.1, -0.05) is 27.7 Å². The Balaban J connectivity index is 2.65. The fraction of sp³-hybridized carbons (Fsp3) is 1.00. The number of hydrogen-bond donors (Lipinski definition) is 1. The zero-order chi connectivity index (χ0) is 7.99. The van der Waals surface area contributed by atoms with Gasteiger partial charge in [0.1, 0.15) is 0 Å². The van der Waals surface area contributed by atoms with Gasteiger partial charge in [-0.3, -0.25) is 0 Å². The Morgan fingerprint density at radius 3 is 2.10 bits per heavy atom. The van der Waals surface area contributed by atoms with Crippen molar-refractivity contribution in [3.05, 3.63) is 0 Å². The SMILES string of the molecule is CCC(C)(C)C1(O)CC1C. The summed E-state index contributed by atoms with van der Waals surface area (Å²) in [5.74, 6) is 0.516. The van der Waals surface area contributed by atoms with Crippen LogP contribution in [0.2, 0.25) is 0 Å². The molecule has 1 aliphatic rings. The van der Waals surface area contributed by atoms with Gasteiger partial charge in [-0.05, 0) is 24.2 Å². The molecule has 1 saturated carbocycles. The van der Waals surface area contributed by atoms with Gasteiger partial charge >= 0.3 is 0 Å². The van der Waals surface area contributed by atoms with Crippen molar-refractivity contribution in [2.75, 3.05) is 0 Å². The molecule has 2 unspecified atom stereocenters. The van der Waals surface area contributed by atoms with Gasteiger partial charge in [0.2, 0.25) is 0 Å². The van der Waals surface area contributed by atoms with E-state index in [0.717, 1.165) is 12.8 Å². The molecule has 1 nitrogen and oxygen atoms in total. The van der Waals surface area contributed by atoms with E-state index in [9.17, 15) is 5.11 Å². The zero-order valence-corrected chi connectivity index (χ0v) is 7.44. The lowest BCUT2D eigenvalue weighted by Gasteiger charge is -2.30. The summed E-state index contributed by atoms with van der Waals surface area (Å²) >= 11 is 0. The van der Waals surface area contributed by atoms with E-state index in [1.54, 1.807) is 0 Å². The maximum Gasteiger partial charge on any atom is 0.0728 e. The standard InChI is InChI=1S/C9H18O/c1-5-8(3,4)9(10)6-7(9)2/h7,10H,5-6H2,1-4H3. The molecule has 1 aliphatic carbocycles. The number of hydrogen-bond acceptors (Lipinski definition) is 1. The van der Waals surface area contributed by atoms with E-state index in [1.807, 2.05) is 0 Å². The fourth-order valence-electron chi connectivity index (χ4n) is 1.66. The molecule has 0 saturated heterocycles. The van der Waals surface area contributed by atoms with Gasteiger partial charge in [0.15, 0.2) is 0 Å². The molecule has 0 aromatic carbocycles. The first-order valence-corrected chi connectivity index (χ1v) is 4.16. The zero-order valence-electron chi connectivity index (χ0n) is 7.44. The molecule has 10 heavy (non-hydrogen) atoms. The highest BCUT2D eigenvalue weighted by Crippen LogP contribution is 2.55. The van der Waals surface area contributed by atoms with Crippen LogP contribution in [0.15, 0.2) is 0 Å². The predicted molar refractivity (Wildman–Crippen MR) is 42.8 cm³/mol. The third-order valence-corrected chi connectivity index (χ3v) is 3.33. The highest BCUT2D eigenvalue weighted by atomic mass is 16.3. The largest absolute Gasteiger partial charge is 0.389 e. The van der Waals surface area contributed by atoms with E-state index < -0.39 is 0 Å². The first kappa shape index (κ1) is 8.06. The average Bonchev–Trinajstić information content (AvgIpc) is 2.43. The second-order valence-electron chi connectivity index (χ2n) is 4.27. The van der Waals surface area contributed by atoms with Crippen molar-refractivity contribution in [1.82, 2.24) is 0 Å². The molecular formula is C9H18O. The van der Waals surface area contributed by atoms with E-state index >= 15 is 0 Å². The molecule has 0 aromatic rings. The summed E-state index contributed by atoms with van der Waals surface area (Å²) in [4.78, 5) is 0. The van der Waals surface area contributed by atoms with Crippen molar-refractivity contribution in [1.29, 1.82) is 0 Å². The summed E-state index contributed by atoms with van der Waals surface area (Å²) in [6, 6.07) is 0. The van der Waals surface area contributed by atoms with Crippen LogP contribution in [0.4, 0.5) is 0 Å². The minimum Gasteiger partial charge on any atom is -0.389 e. The highest BCUT2D eigenvalue weighted by Gasteiger charge is 2.58. The molecule has 0 amide bonds. The molecule has 0 spiro atoms. The van der Waals surface area contributed by atoms with Gasteiger partial charge in [0, 0.05) is 0 Å². The van der Waals surface area contributed by atoms with Crippen molar-refractivity contribution < 1.29 is 5.11 Å². The van der Waals surface area contributed by atoms with E-state index in [0.29, 0.717) is 5.92 Å². The van der Waals surface area contributed by atoms with Gasteiger partial charge in [-0.15, -0.1) is 0 Å². The molecule has 0 heterocycles. The van der Waals surface area contributed by atoms with Crippen LogP contribution < -0.4 is 0 Å². The third kappa shape index (κ3) is 0.878. The van der Waals surface area contributed by atoms with Gasteiger partial charge < -0.3 is 5.11 Å². The van der Waals surface area contributed by atoms with Crippen molar-refractivity contribution in [3.63, 3.8) is 0 Å². The quantitative estimate of drug-likeness (QED) is 0.626. The summed E-state index contributed by atoms with van der Waals surface area (Å²) in [6.45, 7) is 8.56. The van der Waals surface area contributed by atoms with Crippen molar-refractivity contribution in [2.24, 2.45) is 11.3 Å². The average molecular weight is 142 g/mol. The van der Waals surface area contributed by atoms with Crippen LogP contribution in [0.1, 0.15) is 40.5 Å². The molecule has 0 radical (unpaired) electrons. The molecule has 2 atom stereocenters. The highest BCUT2D eigenvalue weighted by molar-refractivity contribution is 5.09. The molecule has 0 bridgehead atoms. The predicted octanol–water partition coefficient (Wildman–Crippen LogP) is 2.19. The van der Waals surface area contributed by atoms with Crippen LogP contribution in [0.25, 0.3) is 0 Å². The Labute approximate surface area is 63.4 Å². The lowest BCUT2D eigenvalue weighted by atomic mass is 9.80. The van der Waals surface area contributed by atoms with Crippen LogP contribution in [0, 0.1) is 11.3 Å². The summed E-state index contributed by atoms with van der Waals surface area (Å²) in [7, 11) is 0. The van der Waals surface area contributed by atoms with Crippen molar-refractivity contribution in [2.45, 2.75) is 46.1 Å². The number of aliphatic hydroxyl groups is 1. The normalized spacial score (nSPS) is 39.9. The lowest BCUT2D eigenvalue weighted by Crippen LogP contribution is -2.32. The van der Waals surface area contributed by atoms with Gasteiger partial charge in [-0.25, -0.2) is 0 Å². The van der Waals surface area contributed by atoms with Gasteiger partial charge in [0.05, 0.1) is 5.60 Å². The molecule has 60 valence electrons. The van der Waals surface area contributed by atoms with Crippen LogP contribution in [-0.2, 0) is 0 Å². The Kier molecular flexibility index (Phi) is 1.59. The second-order valence-corrected chi connectivity index (χ2v) is 4.27. The minimum absolute atomic E-state index is 0.117. The van der Waals surface area contributed by atoms with Crippen LogP contribution >= 0.6 is 0 Å². The summed E-state index contributed by atoms with van der Waals surface area (Å²) in [5, 5.41) is 9.93. The van der Waals surface area contributed by atoms with Crippen LogP contribution in [-0.4, -0.2) is 10.7 Å². The van der Waals surface area contributed by atoms with Crippen LogP contribution in [0.3, 0.4) is 0 Å². The topological polar surface area (TPSA) is 20.2 Å². The Morgan fingerprint density at radius 2 is 2.00 bits per heavy atom. The smallest absolute Gasteiger partial charge is 0.0728 e. The molecule has 1 N–H and O–H groups in total. The van der Waals surface area contributed by atoms with Gasteiger partial charge in [-0.2, -0.15) is 0 Å². The van der Waals surface area contributed by atoms with E-state index in [4.69, 9.17) is 0 Å². The minimum atomic E-state index is -0.345. The van der Waals surface area contributed by atoms with Crippen LogP contribution in [0.5, 0.6) is 0 Å². The monoisotopic (exact) mass is 142 g/mol. The molecular weight excluding hydrogens is 124 g/mol. The molecule has 0 aromatic heterocycles. The Hall–Kier alpha value is -0.0400. The Bertz CT molecular complexity index is 132. The molecule has 0 aliphatic heterocycles. The maximum absolute atomic E-state index is 9.93. The van der Waals surface area contributed by atoms with E-state index in [1.165, 1.54) is 0 Å². The fourth-order valence-corrected chi connectivity index (χ4v) is 1.66. The van der Waals surface area contributed by atoms with Crippen molar-refractivity contribution in [3.8, 4) is 0 Å². The number of rotatable bonds is 2. The second kappa shape index (κ2) is 1.97. The third-order valence-electron chi connectivity index (χ3n) is 3.33. The summed E-state index contributed by atoms with van der Waals surface area (Å²) in [6.07, 6.45) is 2.06. The summed E-state index contributed by atoms with van der Waals surface area (Å²) < 4.78 is 0. The Morgan fingerprint density at radius 1 is 1.60 bits per heavy atom. The first-order valence-electron chi connectivity index (χ1n) is 4.16. The van der Waals surface area contributed by atoms with E-state index in [-0.39, 0.29) is 11.0 Å². The summed E-state index contributed by atoms with van der Waals surface area (Å²) in [5.41, 5.74) is -0.228. The van der Waals surface area contributed by atoms with Gasteiger partial charge in [0.25, 0.3) is 0 Å². The van der Waals surface area contributed by atoms with Crippen molar-refractivity contribution >= 4 is 0 Å². The maximum atomic E-state index is 9.93. The first-order chi connectivity index (χ1) is 4.44. The lowest BCUT2D eigenvalue weighted by molar-refractivity contribution is 0.00964. The van der Waals surface area contributed by atoms with E-state index in [2.05, 4.69) is 27.7 Å².